The molecule has 4 atom stereocenters. The maximum absolute atomic E-state index is 10.4. The van der Waals surface area contributed by atoms with E-state index in [1.54, 1.807) is 0 Å². The molecule has 0 saturated carbocycles. The van der Waals surface area contributed by atoms with Gasteiger partial charge in [-0.2, -0.15) is 0 Å². The van der Waals surface area contributed by atoms with E-state index in [1.807, 2.05) is 30.3 Å². The molecule has 2 saturated heterocycles. The molecule has 2 amide bonds. The van der Waals surface area contributed by atoms with Crippen molar-refractivity contribution in [2.24, 2.45) is 29.0 Å². The molecule has 0 unspecified atom stereocenters. The molecule has 2 aliphatic rings. The summed E-state index contributed by atoms with van der Waals surface area (Å²) >= 11 is 0. The third-order valence-corrected chi connectivity index (χ3v) is 5.07. The third-order valence-electron chi connectivity index (χ3n) is 5.07. The van der Waals surface area contributed by atoms with E-state index in [0.29, 0.717) is 32.7 Å². The van der Waals surface area contributed by atoms with E-state index in [-0.39, 0.29) is 37.1 Å². The standard InChI is InChI=1S/C7H9N.2C6H12N2O3/c8-6-7-4-2-1-3-5-7;2*7-5-2-8(6(10)11)1-4(5)3-9/h1-5H,6,8H2;2*4-5,9H,1-3,7H2,(H,10,11)/t;2*4-,5-/m.11/s1. The highest BCUT2D eigenvalue weighted by atomic mass is 16.4. The first-order valence-electron chi connectivity index (χ1n) is 9.66. The summed E-state index contributed by atoms with van der Waals surface area (Å²) in [6.07, 6.45) is -1.92. The number of aliphatic hydroxyl groups excluding tert-OH is 2. The lowest BCUT2D eigenvalue weighted by Crippen LogP contribution is -2.32. The lowest BCUT2D eigenvalue weighted by atomic mass is 10.1. The van der Waals surface area contributed by atoms with Crippen LogP contribution < -0.4 is 17.2 Å². The van der Waals surface area contributed by atoms with Crippen LogP contribution in [0.3, 0.4) is 0 Å². The summed E-state index contributed by atoms with van der Waals surface area (Å²) in [5.74, 6) is -0.183. The van der Waals surface area contributed by atoms with E-state index >= 15 is 0 Å². The smallest absolute Gasteiger partial charge is 0.407 e. The number of hydrogen-bond acceptors (Lipinski definition) is 7. The van der Waals surface area contributed by atoms with Crippen molar-refractivity contribution in [3.63, 3.8) is 0 Å². The Morgan fingerprint density at radius 3 is 1.43 bits per heavy atom. The van der Waals surface area contributed by atoms with Gasteiger partial charge in [0.05, 0.1) is 0 Å². The van der Waals surface area contributed by atoms with Crippen LogP contribution in [0.15, 0.2) is 30.3 Å². The van der Waals surface area contributed by atoms with Crippen molar-refractivity contribution in [3.05, 3.63) is 35.9 Å². The van der Waals surface area contributed by atoms with Crippen LogP contribution in [-0.2, 0) is 6.54 Å². The molecular formula is C19H33N5O6. The van der Waals surface area contributed by atoms with Crippen molar-refractivity contribution in [1.29, 1.82) is 0 Å². The van der Waals surface area contributed by atoms with Crippen LogP contribution in [-0.4, -0.2) is 93.9 Å². The maximum Gasteiger partial charge on any atom is 0.407 e. The summed E-state index contributed by atoms with van der Waals surface area (Å²) < 4.78 is 0. The third kappa shape index (κ3) is 8.13. The number of hydrogen-bond donors (Lipinski definition) is 7. The Bertz CT molecular complexity index is 614. The van der Waals surface area contributed by atoms with Gasteiger partial charge in [0.1, 0.15) is 0 Å². The number of carbonyl (C=O) groups is 2. The predicted molar refractivity (Wildman–Crippen MR) is 111 cm³/mol. The molecule has 0 aliphatic carbocycles. The van der Waals surface area contributed by atoms with Crippen molar-refractivity contribution >= 4 is 12.2 Å². The minimum atomic E-state index is -0.962. The molecular weight excluding hydrogens is 394 g/mol. The highest BCUT2D eigenvalue weighted by Crippen LogP contribution is 2.14. The van der Waals surface area contributed by atoms with Gasteiger partial charge in [0, 0.05) is 69.9 Å². The van der Waals surface area contributed by atoms with Gasteiger partial charge >= 0.3 is 12.2 Å². The van der Waals surface area contributed by atoms with E-state index in [1.165, 1.54) is 15.4 Å². The zero-order valence-corrected chi connectivity index (χ0v) is 16.9. The number of nitrogens with zero attached hydrogens (tertiary/aromatic N) is 2. The molecule has 11 heteroatoms. The number of carboxylic acid groups (broad SMARTS) is 2. The Balaban J connectivity index is 0.000000228. The molecule has 1 aromatic rings. The van der Waals surface area contributed by atoms with Gasteiger partial charge in [-0.05, 0) is 5.56 Å². The highest BCUT2D eigenvalue weighted by Gasteiger charge is 2.32. The summed E-state index contributed by atoms with van der Waals surface area (Å²) in [6.45, 7) is 1.94. The molecule has 30 heavy (non-hydrogen) atoms. The number of amides is 2. The van der Waals surface area contributed by atoms with Gasteiger partial charge in [-0.1, -0.05) is 30.3 Å². The molecule has 11 nitrogen and oxygen atoms in total. The van der Waals surface area contributed by atoms with Crippen LogP contribution in [0.5, 0.6) is 0 Å². The number of nitrogens with two attached hydrogens (primary N) is 3. The van der Waals surface area contributed by atoms with E-state index < -0.39 is 12.2 Å². The lowest BCUT2D eigenvalue weighted by Gasteiger charge is -2.09. The van der Waals surface area contributed by atoms with E-state index in [2.05, 4.69) is 0 Å². The normalized spacial score (nSPS) is 25.1. The molecule has 0 aromatic heterocycles. The molecule has 170 valence electrons. The first-order chi connectivity index (χ1) is 14.2. The second kappa shape index (κ2) is 13.0. The number of aliphatic hydroxyl groups is 2. The van der Waals surface area contributed by atoms with Crippen molar-refractivity contribution in [1.82, 2.24) is 9.80 Å². The first-order valence-corrected chi connectivity index (χ1v) is 9.66. The predicted octanol–water partition coefficient (Wildman–Crippen LogP) is -1.02. The maximum atomic E-state index is 10.4. The van der Waals surface area contributed by atoms with Crippen LogP contribution in [0, 0.1) is 11.8 Å². The van der Waals surface area contributed by atoms with Crippen molar-refractivity contribution in [3.8, 4) is 0 Å². The number of likely N-dealkylation sites (tertiary alicyclic amines) is 2. The molecule has 0 bridgehead atoms. The summed E-state index contributed by atoms with van der Waals surface area (Å²) in [7, 11) is 0. The van der Waals surface area contributed by atoms with Crippen LogP contribution in [0.2, 0.25) is 0 Å². The fraction of sp³-hybridized carbons (Fsp3) is 0.579. The minimum absolute atomic E-state index is 0.0368. The van der Waals surface area contributed by atoms with Gasteiger partial charge in [-0.15, -0.1) is 0 Å². The van der Waals surface area contributed by atoms with E-state index in [4.69, 9.17) is 37.6 Å². The molecule has 2 heterocycles. The Labute approximate surface area is 175 Å². The van der Waals surface area contributed by atoms with Gasteiger partial charge in [-0.25, -0.2) is 9.59 Å². The fourth-order valence-corrected chi connectivity index (χ4v) is 3.11. The first kappa shape index (κ1) is 25.6. The topological polar surface area (TPSA) is 200 Å². The van der Waals surface area contributed by atoms with Crippen LogP contribution in [0.4, 0.5) is 9.59 Å². The van der Waals surface area contributed by atoms with Crippen molar-refractivity contribution < 1.29 is 30.0 Å². The monoisotopic (exact) mass is 427 g/mol. The molecule has 0 radical (unpaired) electrons. The van der Waals surface area contributed by atoms with E-state index in [0.717, 1.165) is 0 Å². The second-order valence-electron chi connectivity index (χ2n) is 7.28. The average Bonchev–Trinajstić information content (AvgIpc) is 3.32. The Hall–Kier alpha value is -2.44. The molecule has 1 aromatic carbocycles. The zero-order chi connectivity index (χ0) is 22.7. The molecule has 2 fully saturated rings. The largest absolute Gasteiger partial charge is 0.465 e. The van der Waals surface area contributed by atoms with Crippen LogP contribution >= 0.6 is 0 Å². The van der Waals surface area contributed by atoms with E-state index in [9.17, 15) is 9.59 Å². The zero-order valence-electron chi connectivity index (χ0n) is 16.9. The summed E-state index contributed by atoms with van der Waals surface area (Å²) in [4.78, 5) is 23.3. The number of rotatable bonds is 3. The molecule has 0 spiro atoms. The molecule has 2 aliphatic heterocycles. The quantitative estimate of drug-likeness (QED) is 0.315. The van der Waals surface area contributed by atoms with Crippen molar-refractivity contribution in [2.45, 2.75) is 18.6 Å². The minimum Gasteiger partial charge on any atom is -0.465 e. The van der Waals surface area contributed by atoms with Gasteiger partial charge < -0.3 is 47.4 Å². The molecule has 10 N–H and O–H groups in total. The van der Waals surface area contributed by atoms with Gasteiger partial charge in [0.15, 0.2) is 0 Å². The Kier molecular flexibility index (Phi) is 11.1. The average molecular weight is 428 g/mol. The Morgan fingerprint density at radius 2 is 1.23 bits per heavy atom. The van der Waals surface area contributed by atoms with Gasteiger partial charge in [0.25, 0.3) is 0 Å². The fourth-order valence-electron chi connectivity index (χ4n) is 3.11. The lowest BCUT2D eigenvalue weighted by molar-refractivity contribution is 0.149. The van der Waals surface area contributed by atoms with Gasteiger partial charge in [-0.3, -0.25) is 0 Å². The molecule has 3 rings (SSSR count). The SMILES string of the molecule is NCc1ccccc1.N[C@@H]1CN(C(=O)O)C[C@@H]1CO.N[C@@H]1CN(C(=O)O)C[C@@H]1CO. The van der Waals surface area contributed by atoms with Crippen LogP contribution in [0.1, 0.15) is 5.56 Å². The van der Waals surface area contributed by atoms with Crippen LogP contribution in [0.25, 0.3) is 0 Å². The summed E-state index contributed by atoms with van der Waals surface area (Å²) in [6, 6.07) is 9.57. The van der Waals surface area contributed by atoms with Gasteiger partial charge in [0.2, 0.25) is 0 Å². The summed E-state index contributed by atoms with van der Waals surface area (Å²) in [5, 5.41) is 34.5. The Morgan fingerprint density at radius 1 is 0.833 bits per heavy atom. The summed E-state index contributed by atoms with van der Waals surface area (Å²) in [5.41, 5.74) is 17.6. The number of benzene rings is 1. The second-order valence-corrected chi connectivity index (χ2v) is 7.28. The highest BCUT2D eigenvalue weighted by molar-refractivity contribution is 5.65. The van der Waals surface area contributed by atoms with Crippen molar-refractivity contribution in [2.75, 3.05) is 39.4 Å².